The van der Waals surface area contributed by atoms with Crippen molar-refractivity contribution in [2.45, 2.75) is 32.6 Å². The van der Waals surface area contributed by atoms with Crippen LogP contribution in [0.5, 0.6) is 11.5 Å². The molecule has 12 heteroatoms. The van der Waals surface area contributed by atoms with Gasteiger partial charge in [0.15, 0.2) is 17.3 Å². The number of fused-ring (bicyclic) bond motifs is 1. The minimum atomic E-state index is -0.896. The van der Waals surface area contributed by atoms with Gasteiger partial charge in [0.1, 0.15) is 18.3 Å². The van der Waals surface area contributed by atoms with E-state index in [-0.39, 0.29) is 37.5 Å². The number of benzene rings is 2. The Morgan fingerprint density at radius 2 is 1.88 bits per heavy atom. The molecule has 2 aromatic carbocycles. The maximum Gasteiger partial charge on any atom is 0.248 e. The molecule has 2 amide bonds. The summed E-state index contributed by atoms with van der Waals surface area (Å²) >= 11 is 1.41. The first-order chi connectivity index (χ1) is 20.0. The van der Waals surface area contributed by atoms with Crippen molar-refractivity contribution >= 4 is 23.2 Å². The van der Waals surface area contributed by atoms with Gasteiger partial charge in [0, 0.05) is 18.0 Å². The lowest BCUT2D eigenvalue weighted by atomic mass is 10.1. The van der Waals surface area contributed by atoms with E-state index in [0.717, 1.165) is 16.0 Å². The molecule has 11 nitrogen and oxygen atoms in total. The van der Waals surface area contributed by atoms with Gasteiger partial charge < -0.3 is 24.1 Å². The van der Waals surface area contributed by atoms with E-state index >= 15 is 0 Å². The van der Waals surface area contributed by atoms with Crippen LogP contribution >= 0.6 is 11.3 Å². The number of aryl methyl sites for hydroxylation is 1. The van der Waals surface area contributed by atoms with E-state index in [4.69, 9.17) is 13.9 Å². The zero-order valence-electron chi connectivity index (χ0n) is 22.1. The van der Waals surface area contributed by atoms with E-state index in [9.17, 15) is 9.59 Å². The molecule has 0 spiro atoms. The van der Waals surface area contributed by atoms with Crippen molar-refractivity contribution in [2.24, 2.45) is 0 Å². The Morgan fingerprint density at radius 1 is 1.02 bits per heavy atom. The van der Waals surface area contributed by atoms with Crippen molar-refractivity contribution in [2.75, 3.05) is 6.79 Å². The number of thiophene rings is 1. The van der Waals surface area contributed by atoms with Crippen molar-refractivity contribution in [1.29, 1.82) is 0 Å². The maximum atomic E-state index is 14.0. The van der Waals surface area contributed by atoms with Gasteiger partial charge in [0.2, 0.25) is 24.4 Å². The average Bonchev–Trinajstić information content (AvgIpc) is 3.80. The summed E-state index contributed by atoms with van der Waals surface area (Å²) in [6, 6.07) is 21.4. The average molecular weight is 571 g/mol. The number of rotatable bonds is 10. The summed E-state index contributed by atoms with van der Waals surface area (Å²) in [5.41, 5.74) is 1.73. The van der Waals surface area contributed by atoms with E-state index in [2.05, 4.69) is 20.7 Å². The quantitative estimate of drug-likeness (QED) is 0.266. The Labute approximate surface area is 239 Å². The first-order valence-electron chi connectivity index (χ1n) is 12.9. The molecule has 0 radical (unpaired) electrons. The van der Waals surface area contributed by atoms with Crippen molar-refractivity contribution in [1.82, 2.24) is 30.4 Å². The molecule has 4 heterocycles. The molecule has 0 saturated heterocycles. The molecule has 0 saturated carbocycles. The summed E-state index contributed by atoms with van der Waals surface area (Å²) < 4.78 is 16.6. The van der Waals surface area contributed by atoms with Crippen LogP contribution in [0.25, 0.3) is 11.6 Å². The second kappa shape index (κ2) is 11.6. The van der Waals surface area contributed by atoms with Gasteiger partial charge >= 0.3 is 0 Å². The van der Waals surface area contributed by atoms with Crippen LogP contribution in [0.4, 0.5) is 0 Å². The highest BCUT2D eigenvalue weighted by atomic mass is 32.1. The zero-order valence-corrected chi connectivity index (χ0v) is 22.9. The third-order valence-electron chi connectivity index (χ3n) is 6.48. The predicted octanol–water partition coefficient (Wildman–Crippen LogP) is 4.12. The smallest absolute Gasteiger partial charge is 0.248 e. The van der Waals surface area contributed by atoms with Crippen LogP contribution in [0.3, 0.4) is 0 Å². The van der Waals surface area contributed by atoms with E-state index in [1.54, 1.807) is 18.2 Å². The molecular formula is C29H26N6O5S. The summed E-state index contributed by atoms with van der Waals surface area (Å²) in [5, 5.41) is 17.3. The Kier molecular flexibility index (Phi) is 7.46. The molecule has 5 aromatic rings. The Hall–Kier alpha value is -4.97. The molecule has 1 aliphatic rings. The number of carbonyl (C=O) groups excluding carboxylic acids is 2. The lowest BCUT2D eigenvalue weighted by Gasteiger charge is -2.30. The SMILES string of the molecule is Cc1ccc(-c2nnn(CC(=O)N(Cc3ccc4c(c3)OCO4)C(C(=O)NCc3ccccc3)c3cccs3)n2)o1. The third-order valence-corrected chi connectivity index (χ3v) is 7.41. The second-order valence-corrected chi connectivity index (χ2v) is 10.4. The number of furan rings is 1. The third kappa shape index (κ3) is 5.97. The van der Waals surface area contributed by atoms with Gasteiger partial charge in [-0.3, -0.25) is 9.59 Å². The fourth-order valence-electron chi connectivity index (χ4n) is 4.49. The standard InChI is InChI=1S/C29H26N6O5S/c1-19-9-11-23(40-19)28-31-33-35(32-28)17-26(36)34(16-21-10-12-22-24(14-21)39-18-38-22)27(25-8-5-13-41-25)29(37)30-15-20-6-3-2-4-7-20/h2-14,27H,15-18H2,1H3,(H,30,37). The van der Waals surface area contributed by atoms with Gasteiger partial charge in [-0.25, -0.2) is 0 Å². The van der Waals surface area contributed by atoms with Gasteiger partial charge in [0.05, 0.1) is 0 Å². The van der Waals surface area contributed by atoms with E-state index in [1.165, 1.54) is 21.0 Å². The monoisotopic (exact) mass is 570 g/mol. The fraction of sp³-hybridized carbons (Fsp3) is 0.207. The molecule has 208 valence electrons. The highest BCUT2D eigenvalue weighted by Gasteiger charge is 2.33. The number of hydrogen-bond acceptors (Lipinski definition) is 9. The van der Waals surface area contributed by atoms with Crippen LogP contribution < -0.4 is 14.8 Å². The normalized spacial score (nSPS) is 12.7. The minimum absolute atomic E-state index is 0.135. The van der Waals surface area contributed by atoms with Gasteiger partial charge in [-0.2, -0.15) is 4.80 Å². The molecule has 6 rings (SSSR count). The molecule has 1 atom stereocenters. The summed E-state index contributed by atoms with van der Waals surface area (Å²) in [5.74, 6) is 1.99. The second-order valence-electron chi connectivity index (χ2n) is 9.38. The van der Waals surface area contributed by atoms with Gasteiger partial charge in [-0.15, -0.1) is 21.5 Å². The number of aromatic nitrogens is 4. The number of tetrazole rings is 1. The molecule has 1 N–H and O–H groups in total. The van der Waals surface area contributed by atoms with Crippen LogP contribution in [0.15, 0.2) is 82.6 Å². The van der Waals surface area contributed by atoms with Gasteiger partial charge in [-0.05, 0) is 59.0 Å². The van der Waals surface area contributed by atoms with Crippen molar-refractivity contribution in [3.8, 4) is 23.1 Å². The van der Waals surface area contributed by atoms with Crippen LogP contribution in [-0.4, -0.2) is 43.7 Å². The highest BCUT2D eigenvalue weighted by molar-refractivity contribution is 7.10. The summed E-state index contributed by atoms with van der Waals surface area (Å²) in [4.78, 5) is 31.2. The fourth-order valence-corrected chi connectivity index (χ4v) is 5.32. The van der Waals surface area contributed by atoms with Crippen LogP contribution in [0, 0.1) is 6.92 Å². The van der Waals surface area contributed by atoms with Crippen LogP contribution in [0.1, 0.15) is 27.8 Å². The van der Waals surface area contributed by atoms with E-state index < -0.39 is 6.04 Å². The number of nitrogens with zero attached hydrogens (tertiary/aromatic N) is 5. The molecule has 41 heavy (non-hydrogen) atoms. The zero-order chi connectivity index (χ0) is 28.2. The first-order valence-corrected chi connectivity index (χ1v) is 13.8. The molecule has 1 unspecified atom stereocenters. The summed E-state index contributed by atoms with van der Waals surface area (Å²) in [6.45, 7) is 2.18. The molecule has 1 aliphatic heterocycles. The Morgan fingerprint density at radius 3 is 2.66 bits per heavy atom. The maximum absolute atomic E-state index is 14.0. The number of amides is 2. The molecule has 0 bridgehead atoms. The van der Waals surface area contributed by atoms with E-state index in [0.29, 0.717) is 29.6 Å². The molecule has 0 fully saturated rings. The summed E-state index contributed by atoms with van der Waals surface area (Å²) in [6.07, 6.45) is 0. The Bertz CT molecular complexity index is 1650. The number of carbonyl (C=O) groups is 2. The predicted molar refractivity (Wildman–Crippen MR) is 149 cm³/mol. The lowest BCUT2D eigenvalue weighted by molar-refractivity contribution is -0.142. The minimum Gasteiger partial charge on any atom is -0.458 e. The number of hydrogen-bond donors (Lipinski definition) is 1. The molecular weight excluding hydrogens is 544 g/mol. The number of ether oxygens (including phenoxy) is 2. The van der Waals surface area contributed by atoms with Crippen molar-refractivity contribution in [3.05, 3.63) is 99.9 Å². The number of nitrogens with one attached hydrogen (secondary N) is 1. The van der Waals surface area contributed by atoms with Crippen LogP contribution in [0.2, 0.25) is 0 Å². The van der Waals surface area contributed by atoms with Gasteiger partial charge in [-0.1, -0.05) is 42.5 Å². The lowest BCUT2D eigenvalue weighted by Crippen LogP contribution is -2.44. The highest BCUT2D eigenvalue weighted by Crippen LogP contribution is 2.34. The topological polar surface area (TPSA) is 125 Å². The first kappa shape index (κ1) is 26.3. The Balaban J connectivity index is 1.30. The summed E-state index contributed by atoms with van der Waals surface area (Å²) in [7, 11) is 0. The van der Waals surface area contributed by atoms with Gasteiger partial charge in [0.25, 0.3) is 0 Å². The molecule has 3 aromatic heterocycles. The van der Waals surface area contributed by atoms with Crippen LogP contribution in [-0.2, 0) is 29.2 Å². The van der Waals surface area contributed by atoms with E-state index in [1.807, 2.05) is 66.9 Å². The van der Waals surface area contributed by atoms with Crippen molar-refractivity contribution in [3.63, 3.8) is 0 Å². The van der Waals surface area contributed by atoms with Crippen molar-refractivity contribution < 1.29 is 23.5 Å². The molecule has 0 aliphatic carbocycles. The largest absolute Gasteiger partial charge is 0.458 e.